The van der Waals surface area contributed by atoms with Gasteiger partial charge in [-0.25, -0.2) is 0 Å². The molecule has 39 heavy (non-hydrogen) atoms. The second-order valence-corrected chi connectivity index (χ2v) is 10.8. The summed E-state index contributed by atoms with van der Waals surface area (Å²) in [5, 5.41) is 21.1. The first-order valence-electron chi connectivity index (χ1n) is 14.0. The zero-order valence-electron chi connectivity index (χ0n) is 23.1. The molecule has 3 aliphatic heterocycles. The number of aliphatic hydroxyl groups is 2. The van der Waals surface area contributed by atoms with Crippen LogP contribution in [0, 0.1) is 5.92 Å². The Morgan fingerprint density at radius 1 is 1.26 bits per heavy atom. The van der Waals surface area contributed by atoms with Crippen LogP contribution in [-0.2, 0) is 15.1 Å². The Labute approximate surface area is 237 Å². The number of aliphatic imine (C=N–C) groups is 1. The van der Waals surface area contributed by atoms with E-state index in [4.69, 9.17) is 31.2 Å². The molecule has 1 aromatic carbocycles. The Kier molecular flexibility index (Phi) is 10.6. The molecule has 2 atom stereocenters. The van der Waals surface area contributed by atoms with Crippen molar-refractivity contribution in [1.82, 2.24) is 4.90 Å². The summed E-state index contributed by atoms with van der Waals surface area (Å²) < 4.78 is 12.1. The number of benzene rings is 1. The Bertz CT molecular complexity index is 1140. The van der Waals surface area contributed by atoms with Gasteiger partial charge in [-0.1, -0.05) is 42.0 Å². The number of fused-ring (bicyclic) bond motifs is 1. The number of nitrogens with zero attached hydrogens (tertiary/aromatic N) is 2. The number of rotatable bonds is 10. The summed E-state index contributed by atoms with van der Waals surface area (Å²) in [6, 6.07) is 7.59. The van der Waals surface area contributed by atoms with Gasteiger partial charge in [0.05, 0.1) is 24.0 Å². The van der Waals surface area contributed by atoms with Crippen LogP contribution in [0.2, 0.25) is 5.02 Å². The molecule has 0 aromatic heterocycles. The van der Waals surface area contributed by atoms with Gasteiger partial charge in [0, 0.05) is 55.4 Å². The van der Waals surface area contributed by atoms with Crippen molar-refractivity contribution < 1.29 is 19.7 Å². The Morgan fingerprint density at radius 2 is 2.03 bits per heavy atom. The average molecular weight is 553 g/mol. The molecule has 1 saturated heterocycles. The van der Waals surface area contributed by atoms with Crippen LogP contribution in [0.25, 0.3) is 0 Å². The second kappa shape index (κ2) is 14.1. The van der Waals surface area contributed by atoms with Crippen LogP contribution in [0.4, 0.5) is 0 Å². The summed E-state index contributed by atoms with van der Waals surface area (Å²) in [6.45, 7) is 7.61. The largest absolute Gasteiger partial charge is 0.498 e. The molecular weight excluding hydrogens is 512 g/mol. The van der Waals surface area contributed by atoms with Gasteiger partial charge < -0.3 is 24.6 Å². The fraction of sp³-hybridized carbons (Fsp3) is 0.469. The lowest BCUT2D eigenvalue weighted by Crippen LogP contribution is -2.42. The van der Waals surface area contributed by atoms with E-state index in [-0.39, 0.29) is 18.6 Å². The molecule has 0 saturated carbocycles. The van der Waals surface area contributed by atoms with Crippen molar-refractivity contribution in [3.8, 4) is 0 Å². The maximum absolute atomic E-state index is 11.3. The van der Waals surface area contributed by atoms with Crippen molar-refractivity contribution >= 4 is 17.8 Å². The van der Waals surface area contributed by atoms with Gasteiger partial charge in [0.1, 0.15) is 12.4 Å². The molecule has 2 N–H and O–H groups in total. The molecular formula is C32H41ClN2O4. The van der Waals surface area contributed by atoms with Crippen LogP contribution in [0.15, 0.2) is 88.4 Å². The van der Waals surface area contributed by atoms with Gasteiger partial charge in [0.2, 0.25) is 0 Å². The molecule has 1 aromatic rings. The van der Waals surface area contributed by atoms with E-state index in [1.807, 2.05) is 62.6 Å². The number of hydrogen-bond acceptors (Lipinski definition) is 6. The van der Waals surface area contributed by atoms with Crippen molar-refractivity contribution in [2.45, 2.75) is 51.2 Å². The zero-order valence-corrected chi connectivity index (χ0v) is 23.8. The molecule has 0 spiro atoms. The summed E-state index contributed by atoms with van der Waals surface area (Å²) in [5.41, 5.74) is 2.35. The van der Waals surface area contributed by atoms with Crippen molar-refractivity contribution in [2.75, 3.05) is 39.5 Å². The van der Waals surface area contributed by atoms with Gasteiger partial charge in [-0.05, 0) is 74.6 Å². The minimum absolute atomic E-state index is 0.0207. The number of likely N-dealkylation sites (tertiary alicyclic amines) is 1. The molecule has 1 fully saturated rings. The predicted molar refractivity (Wildman–Crippen MR) is 158 cm³/mol. The van der Waals surface area contributed by atoms with Gasteiger partial charge in [0.15, 0.2) is 0 Å². The van der Waals surface area contributed by atoms with Crippen LogP contribution < -0.4 is 0 Å². The molecule has 0 aliphatic carbocycles. The van der Waals surface area contributed by atoms with E-state index in [0.717, 1.165) is 48.7 Å². The molecule has 210 valence electrons. The molecule has 4 rings (SSSR count). The van der Waals surface area contributed by atoms with E-state index in [9.17, 15) is 5.11 Å². The van der Waals surface area contributed by atoms with Crippen molar-refractivity contribution in [3.05, 3.63) is 94.0 Å². The third-order valence-corrected chi connectivity index (χ3v) is 7.87. The molecule has 3 aliphatic rings. The summed E-state index contributed by atoms with van der Waals surface area (Å²) >= 11 is 6.04. The van der Waals surface area contributed by atoms with Gasteiger partial charge in [0.25, 0.3) is 0 Å². The van der Waals surface area contributed by atoms with Crippen molar-refractivity contribution in [3.63, 3.8) is 0 Å². The molecule has 3 heterocycles. The van der Waals surface area contributed by atoms with Gasteiger partial charge in [-0.2, -0.15) is 0 Å². The van der Waals surface area contributed by atoms with Crippen LogP contribution >= 0.6 is 11.6 Å². The fourth-order valence-electron chi connectivity index (χ4n) is 5.41. The third-order valence-electron chi connectivity index (χ3n) is 7.61. The van der Waals surface area contributed by atoms with Gasteiger partial charge >= 0.3 is 0 Å². The molecule has 0 amide bonds. The molecule has 7 heteroatoms. The maximum atomic E-state index is 11.3. The quantitative estimate of drug-likeness (QED) is 0.286. The van der Waals surface area contributed by atoms with E-state index in [2.05, 4.69) is 23.1 Å². The first kappa shape index (κ1) is 29.3. The lowest BCUT2D eigenvalue weighted by Gasteiger charge is -2.38. The highest BCUT2D eigenvalue weighted by Gasteiger charge is 2.34. The minimum atomic E-state index is -0.800. The van der Waals surface area contributed by atoms with Crippen molar-refractivity contribution in [2.24, 2.45) is 10.9 Å². The monoisotopic (exact) mass is 552 g/mol. The summed E-state index contributed by atoms with van der Waals surface area (Å²) in [5.74, 6) is 1.72. The SMILES string of the molecule is C/C=C\C1=C(/C=C(\C)OCCCO)C(=C/CCN2CCC(O)(c3ccc(Cl)cc3)CC2)/C2C=CC=NC2CO1. The number of dihydropyridines is 1. The number of piperidine rings is 1. The minimum Gasteiger partial charge on any atom is -0.498 e. The van der Waals surface area contributed by atoms with Gasteiger partial charge in [-0.3, -0.25) is 4.99 Å². The van der Waals surface area contributed by atoms with Crippen LogP contribution in [0.3, 0.4) is 0 Å². The van der Waals surface area contributed by atoms with E-state index in [0.29, 0.717) is 37.5 Å². The van der Waals surface area contributed by atoms with E-state index in [1.165, 1.54) is 5.57 Å². The number of aliphatic hydroxyl groups excluding tert-OH is 1. The summed E-state index contributed by atoms with van der Waals surface area (Å²) in [7, 11) is 0. The van der Waals surface area contributed by atoms with E-state index in [1.54, 1.807) is 0 Å². The predicted octanol–water partition coefficient (Wildman–Crippen LogP) is 5.73. The van der Waals surface area contributed by atoms with Crippen LogP contribution in [-0.4, -0.2) is 66.8 Å². The number of ether oxygens (including phenoxy) is 2. The Balaban J connectivity index is 1.51. The number of hydrogen-bond donors (Lipinski definition) is 2. The topological polar surface area (TPSA) is 74.5 Å². The van der Waals surface area contributed by atoms with E-state index < -0.39 is 5.60 Å². The van der Waals surface area contributed by atoms with Crippen LogP contribution in [0.5, 0.6) is 0 Å². The fourth-order valence-corrected chi connectivity index (χ4v) is 5.54. The number of allylic oxidation sites excluding steroid dienone is 6. The third kappa shape index (κ3) is 7.73. The lowest BCUT2D eigenvalue weighted by atomic mass is 9.84. The standard InChI is InChI=1S/C32H41ClN2O4/c1-3-7-31-29(22-24(2)38-21-6-20-36)27(28-8-4-16-34-30(28)23-39-31)9-5-17-35-18-14-32(37,15-19-35)25-10-12-26(33)13-11-25/h3-4,7-13,16,22,28,30,36-37H,5-6,14-15,17-21,23H2,1-2H3/b7-3-,24-22+,27-9+. The normalized spacial score (nSPS) is 24.6. The average Bonchev–Trinajstić information content (AvgIpc) is 3.08. The van der Waals surface area contributed by atoms with Gasteiger partial charge in [-0.15, -0.1) is 0 Å². The van der Waals surface area contributed by atoms with Crippen molar-refractivity contribution in [1.29, 1.82) is 0 Å². The first-order valence-corrected chi connectivity index (χ1v) is 14.3. The highest BCUT2D eigenvalue weighted by Crippen LogP contribution is 2.37. The Morgan fingerprint density at radius 3 is 2.74 bits per heavy atom. The van der Waals surface area contributed by atoms with E-state index >= 15 is 0 Å². The maximum Gasteiger partial charge on any atom is 0.126 e. The summed E-state index contributed by atoms with van der Waals surface area (Å²) in [4.78, 5) is 7.15. The molecule has 6 nitrogen and oxygen atoms in total. The zero-order chi connectivity index (χ0) is 27.7. The molecule has 0 bridgehead atoms. The smallest absolute Gasteiger partial charge is 0.126 e. The highest BCUT2D eigenvalue weighted by atomic mass is 35.5. The summed E-state index contributed by atoms with van der Waals surface area (Å²) in [6.07, 6.45) is 17.3. The van der Waals surface area contributed by atoms with Crippen LogP contribution in [0.1, 0.15) is 45.1 Å². The highest BCUT2D eigenvalue weighted by molar-refractivity contribution is 6.30. The first-order chi connectivity index (χ1) is 18.9. The second-order valence-electron chi connectivity index (χ2n) is 10.4. The molecule has 2 unspecified atom stereocenters. The number of halogens is 1. The molecule has 0 radical (unpaired) electrons. The Hall–Kier alpha value is -2.64. The lowest BCUT2D eigenvalue weighted by molar-refractivity contribution is -0.0254.